The summed E-state index contributed by atoms with van der Waals surface area (Å²) in [5.74, 6) is 0.781. The topological polar surface area (TPSA) is 66.7 Å². The molecule has 0 bridgehead atoms. The van der Waals surface area contributed by atoms with Crippen molar-refractivity contribution in [1.29, 1.82) is 0 Å². The van der Waals surface area contributed by atoms with Gasteiger partial charge in [0.2, 0.25) is 0 Å². The van der Waals surface area contributed by atoms with Crippen LogP contribution in [0.5, 0.6) is 11.5 Å². The van der Waals surface area contributed by atoms with E-state index in [9.17, 15) is 0 Å². The van der Waals surface area contributed by atoms with Gasteiger partial charge in [0.1, 0.15) is 11.5 Å². The number of nitrogens with zero attached hydrogens (tertiary/aromatic N) is 4. The molecule has 0 saturated carbocycles. The molecule has 0 N–H and O–H groups in total. The maximum absolute atomic E-state index is 16.4. The molecule has 4 atom stereocenters. The number of benzene rings is 6. The minimum Gasteiger partial charge on any atom is -0.497 e. The Kier molecular flexibility index (Phi) is 9.07. The van der Waals surface area contributed by atoms with E-state index in [1.165, 1.54) is 0 Å². The highest BCUT2D eigenvalue weighted by molar-refractivity contribution is 6.27. The summed E-state index contributed by atoms with van der Waals surface area (Å²) in [7, 11) is 3.31. The Morgan fingerprint density at radius 3 is 1.51 bits per heavy atom. The van der Waals surface area contributed by atoms with Crippen LogP contribution in [-0.2, 0) is 4.79 Å². The molecule has 0 amide bonds. The number of carbonyl (C=O) groups is 1. The Morgan fingerprint density at radius 2 is 1.00 bits per heavy atom. The Hall–Kier alpha value is -6.47. The molecule has 7 heteroatoms. The first kappa shape index (κ1) is 33.7. The highest BCUT2D eigenvalue weighted by Gasteiger charge is 2.59. The average molecular weight is 697 g/mol. The van der Waals surface area contributed by atoms with Crippen molar-refractivity contribution in [3.63, 3.8) is 0 Å². The predicted octanol–water partition coefficient (Wildman–Crippen LogP) is 9.53. The molecule has 8 rings (SSSR count). The first-order chi connectivity index (χ1) is 26.0. The lowest BCUT2D eigenvalue weighted by atomic mass is 9.64. The number of carbonyl (C=O) groups excluding carboxylic acids is 1. The number of hydrazone groups is 2. The standard InChI is InChI=1S/C46H40N4O3/c1-46(43(34-26-30-39(53-3)31-27-34)48-50(37-22-14-7-15-23-37)44(46)35-18-10-5-11-19-35)45(51)40-41(32-24-28-38(52-2)29-25-32)47-49(36-20-12-6-13-21-36)42(40)33-16-8-4-9-17-33/h4-31,40,42,44H,1-3H3. The minimum absolute atomic E-state index is 0.0150. The summed E-state index contributed by atoms with van der Waals surface area (Å²) in [5, 5.41) is 14.8. The molecule has 0 saturated heterocycles. The molecular formula is C46H40N4O3. The van der Waals surface area contributed by atoms with Gasteiger partial charge in [0.15, 0.2) is 5.78 Å². The molecule has 0 fully saturated rings. The van der Waals surface area contributed by atoms with Crippen LogP contribution < -0.4 is 19.5 Å². The average Bonchev–Trinajstić information content (AvgIpc) is 3.79. The van der Waals surface area contributed by atoms with Gasteiger partial charge in [0.05, 0.1) is 60.4 Å². The van der Waals surface area contributed by atoms with Crippen molar-refractivity contribution in [3.8, 4) is 11.5 Å². The zero-order valence-electron chi connectivity index (χ0n) is 29.9. The normalized spacial score (nSPS) is 20.8. The van der Waals surface area contributed by atoms with Crippen molar-refractivity contribution in [1.82, 2.24) is 0 Å². The van der Waals surface area contributed by atoms with Crippen LogP contribution in [0, 0.1) is 11.3 Å². The van der Waals surface area contributed by atoms with Gasteiger partial charge in [-0.2, -0.15) is 10.2 Å². The fraction of sp³-hybridized carbons (Fsp3) is 0.152. The van der Waals surface area contributed by atoms with Crippen LogP contribution in [0.3, 0.4) is 0 Å². The molecule has 6 aromatic carbocycles. The third kappa shape index (κ3) is 6.04. The molecule has 4 unspecified atom stereocenters. The van der Waals surface area contributed by atoms with E-state index in [1.807, 2.05) is 156 Å². The van der Waals surface area contributed by atoms with E-state index in [0.29, 0.717) is 11.4 Å². The highest BCUT2D eigenvalue weighted by atomic mass is 16.5. The van der Waals surface area contributed by atoms with Gasteiger partial charge in [-0.15, -0.1) is 0 Å². The molecule has 7 nitrogen and oxygen atoms in total. The summed E-state index contributed by atoms with van der Waals surface area (Å²) in [6.07, 6.45) is 0. The Morgan fingerprint density at radius 1 is 0.547 bits per heavy atom. The van der Waals surface area contributed by atoms with Gasteiger partial charge in [-0.25, -0.2) is 0 Å². The van der Waals surface area contributed by atoms with Crippen LogP contribution in [-0.4, -0.2) is 31.4 Å². The third-order valence-corrected chi connectivity index (χ3v) is 10.4. The highest BCUT2D eigenvalue weighted by Crippen LogP contribution is 2.54. The van der Waals surface area contributed by atoms with E-state index < -0.39 is 23.4 Å². The maximum Gasteiger partial charge on any atom is 0.158 e. The summed E-state index contributed by atoms with van der Waals surface area (Å²) in [5.41, 5.74) is 5.67. The van der Waals surface area contributed by atoms with E-state index in [2.05, 4.69) is 31.2 Å². The van der Waals surface area contributed by atoms with Gasteiger partial charge in [-0.05, 0) is 102 Å². The molecule has 262 valence electrons. The SMILES string of the molecule is COc1ccc(C2=NN(c3ccccc3)C(c3ccccc3)C2C(=O)C2(C)C(c3ccc(OC)cc3)=NN(c3ccccc3)C2c2ccccc2)cc1. The lowest BCUT2D eigenvalue weighted by Gasteiger charge is -2.39. The predicted molar refractivity (Wildman–Crippen MR) is 212 cm³/mol. The van der Waals surface area contributed by atoms with Crippen LogP contribution in [0.25, 0.3) is 0 Å². The number of anilines is 2. The minimum atomic E-state index is -1.16. The zero-order valence-corrected chi connectivity index (χ0v) is 29.9. The first-order valence-corrected chi connectivity index (χ1v) is 17.8. The molecule has 0 aromatic heterocycles. The van der Waals surface area contributed by atoms with Crippen molar-refractivity contribution in [2.24, 2.45) is 21.5 Å². The van der Waals surface area contributed by atoms with Gasteiger partial charge in [0.25, 0.3) is 0 Å². The smallest absolute Gasteiger partial charge is 0.158 e. The van der Waals surface area contributed by atoms with Gasteiger partial charge in [-0.1, -0.05) is 97.1 Å². The second-order valence-corrected chi connectivity index (χ2v) is 13.5. The number of rotatable bonds is 10. The molecule has 2 aliphatic rings. The lowest BCUT2D eigenvalue weighted by molar-refractivity contribution is -0.127. The zero-order chi connectivity index (χ0) is 36.4. The first-order valence-electron chi connectivity index (χ1n) is 17.8. The largest absolute Gasteiger partial charge is 0.497 e. The Labute approximate surface area is 310 Å². The molecule has 53 heavy (non-hydrogen) atoms. The summed E-state index contributed by atoms with van der Waals surface area (Å²) in [6, 6.07) is 55.4. The van der Waals surface area contributed by atoms with E-state index in [1.54, 1.807) is 14.2 Å². The molecule has 2 heterocycles. The van der Waals surface area contributed by atoms with Crippen LogP contribution in [0.2, 0.25) is 0 Å². The number of hydrogen-bond acceptors (Lipinski definition) is 7. The molecule has 6 aromatic rings. The molecular weight excluding hydrogens is 657 g/mol. The Bertz CT molecular complexity index is 2240. The van der Waals surface area contributed by atoms with Crippen molar-refractivity contribution >= 4 is 28.6 Å². The van der Waals surface area contributed by atoms with Crippen molar-refractivity contribution < 1.29 is 14.3 Å². The van der Waals surface area contributed by atoms with Crippen LogP contribution >= 0.6 is 0 Å². The van der Waals surface area contributed by atoms with Gasteiger partial charge < -0.3 is 9.47 Å². The van der Waals surface area contributed by atoms with E-state index >= 15 is 4.79 Å². The number of para-hydroxylation sites is 2. The maximum atomic E-state index is 16.4. The molecule has 2 aliphatic heterocycles. The number of methoxy groups -OCH3 is 2. The molecule has 0 spiro atoms. The van der Waals surface area contributed by atoms with Gasteiger partial charge in [0, 0.05) is 0 Å². The molecule has 0 radical (unpaired) electrons. The van der Waals surface area contributed by atoms with Crippen molar-refractivity contribution in [2.45, 2.75) is 19.0 Å². The quantitative estimate of drug-likeness (QED) is 0.143. The fourth-order valence-electron chi connectivity index (χ4n) is 7.80. The van der Waals surface area contributed by atoms with E-state index in [0.717, 1.165) is 45.1 Å². The Balaban J connectivity index is 1.38. The van der Waals surface area contributed by atoms with Crippen molar-refractivity contribution in [3.05, 3.63) is 192 Å². The fourth-order valence-corrected chi connectivity index (χ4v) is 7.80. The second-order valence-electron chi connectivity index (χ2n) is 13.5. The second kappa shape index (κ2) is 14.3. The lowest BCUT2D eigenvalue weighted by Crippen LogP contribution is -2.48. The van der Waals surface area contributed by atoms with Gasteiger partial charge in [-0.3, -0.25) is 14.8 Å². The summed E-state index contributed by atoms with van der Waals surface area (Å²) in [6.45, 7) is 2.07. The summed E-state index contributed by atoms with van der Waals surface area (Å²) >= 11 is 0. The monoisotopic (exact) mass is 696 g/mol. The van der Waals surface area contributed by atoms with Crippen LogP contribution in [0.15, 0.2) is 180 Å². The number of ketones is 1. The molecule has 0 aliphatic carbocycles. The number of ether oxygens (including phenoxy) is 2. The number of hydrogen-bond donors (Lipinski definition) is 0. The van der Waals surface area contributed by atoms with E-state index in [4.69, 9.17) is 19.7 Å². The van der Waals surface area contributed by atoms with Crippen LogP contribution in [0.4, 0.5) is 11.4 Å². The summed E-state index contributed by atoms with van der Waals surface area (Å²) < 4.78 is 11.1. The van der Waals surface area contributed by atoms with Crippen LogP contribution in [0.1, 0.15) is 41.3 Å². The van der Waals surface area contributed by atoms with E-state index in [-0.39, 0.29) is 5.78 Å². The van der Waals surface area contributed by atoms with Crippen molar-refractivity contribution in [2.75, 3.05) is 24.2 Å². The van der Waals surface area contributed by atoms with Gasteiger partial charge >= 0.3 is 0 Å². The summed E-state index contributed by atoms with van der Waals surface area (Å²) in [4.78, 5) is 16.4. The third-order valence-electron chi connectivity index (χ3n) is 10.4. The number of Topliss-reactive ketones (excluding diaryl/α,β-unsaturated/α-hetero) is 1.